The Bertz CT molecular complexity index is 536. The molecule has 0 radical (unpaired) electrons. The highest BCUT2D eigenvalue weighted by Gasteiger charge is 2.22. The molecule has 1 aliphatic heterocycles. The Morgan fingerprint density at radius 2 is 2.22 bits per heavy atom. The fraction of sp³-hybridized carbons (Fsp3) is 0.417. The van der Waals surface area contributed by atoms with Gasteiger partial charge in [-0.25, -0.2) is 4.98 Å². The van der Waals surface area contributed by atoms with Crippen LogP contribution in [0.15, 0.2) is 22.7 Å². The summed E-state index contributed by atoms with van der Waals surface area (Å²) in [7, 11) is 0. The molecule has 2 aromatic rings. The molecule has 5 nitrogen and oxygen atoms in total. The first-order valence-corrected chi connectivity index (χ1v) is 7.06. The summed E-state index contributed by atoms with van der Waals surface area (Å²) in [6.07, 6.45) is 3.63. The average molecular weight is 262 g/mol. The maximum Gasteiger partial charge on any atom is 0.276 e. The van der Waals surface area contributed by atoms with Gasteiger partial charge in [-0.15, -0.1) is 0 Å². The largest absolute Gasteiger partial charge is 0.384 e. The molecule has 1 fully saturated rings. The number of aromatic nitrogens is 3. The van der Waals surface area contributed by atoms with Crippen LogP contribution in [0, 0.1) is 0 Å². The van der Waals surface area contributed by atoms with Gasteiger partial charge < -0.3 is 10.3 Å². The van der Waals surface area contributed by atoms with Crippen LogP contribution in [0.3, 0.4) is 0 Å². The number of anilines is 1. The van der Waals surface area contributed by atoms with Gasteiger partial charge in [-0.1, -0.05) is 17.6 Å². The number of hydrogen-bond acceptors (Lipinski definition) is 6. The van der Waals surface area contributed by atoms with E-state index >= 15 is 0 Å². The van der Waals surface area contributed by atoms with Gasteiger partial charge in [0.05, 0.1) is 5.25 Å². The summed E-state index contributed by atoms with van der Waals surface area (Å²) in [5.41, 5.74) is 6.27. The molecule has 0 aliphatic carbocycles. The number of thioether (sulfide) groups is 1. The lowest BCUT2D eigenvalue weighted by atomic mass is 10.2. The molecule has 0 aromatic carbocycles. The highest BCUT2D eigenvalue weighted by Crippen LogP contribution is 2.37. The van der Waals surface area contributed by atoms with Crippen LogP contribution >= 0.6 is 11.8 Å². The number of nitrogen functional groups attached to an aromatic ring is 1. The van der Waals surface area contributed by atoms with Crippen molar-refractivity contribution in [2.75, 3.05) is 11.5 Å². The van der Waals surface area contributed by atoms with E-state index in [2.05, 4.69) is 15.1 Å². The number of rotatable bonds is 2. The number of nitrogens with zero attached hydrogens (tertiary/aromatic N) is 3. The second-order valence-corrected chi connectivity index (χ2v) is 5.57. The van der Waals surface area contributed by atoms with Crippen LogP contribution in [0.4, 0.5) is 5.82 Å². The Balaban J connectivity index is 1.84. The second-order valence-electron chi connectivity index (χ2n) is 4.26. The van der Waals surface area contributed by atoms with E-state index in [-0.39, 0.29) is 0 Å². The molecule has 6 heteroatoms. The first-order valence-electron chi connectivity index (χ1n) is 6.01. The smallest absolute Gasteiger partial charge is 0.276 e. The summed E-state index contributed by atoms with van der Waals surface area (Å²) in [4.78, 5) is 8.61. The van der Waals surface area contributed by atoms with Crippen LogP contribution in [0.1, 0.15) is 30.3 Å². The van der Waals surface area contributed by atoms with Crippen molar-refractivity contribution in [3.63, 3.8) is 0 Å². The minimum absolute atomic E-state index is 0.359. The van der Waals surface area contributed by atoms with Crippen molar-refractivity contribution in [2.24, 2.45) is 0 Å². The maximum atomic E-state index is 5.64. The molecule has 2 N–H and O–H groups in total. The number of hydrogen-bond donors (Lipinski definition) is 1. The third-order valence-electron chi connectivity index (χ3n) is 2.90. The van der Waals surface area contributed by atoms with Gasteiger partial charge in [0, 0.05) is 0 Å². The third kappa shape index (κ3) is 2.33. The van der Waals surface area contributed by atoms with Gasteiger partial charge in [-0.2, -0.15) is 16.7 Å². The zero-order chi connectivity index (χ0) is 12.4. The Labute approximate surface area is 109 Å². The lowest BCUT2D eigenvalue weighted by Gasteiger charge is -2.17. The number of nitrogens with two attached hydrogens (primary N) is 1. The zero-order valence-corrected chi connectivity index (χ0v) is 10.7. The SMILES string of the molecule is Nc1cccc(-c2nc(C3CCCCS3)no2)n1. The lowest BCUT2D eigenvalue weighted by Crippen LogP contribution is -2.03. The van der Waals surface area contributed by atoms with E-state index in [1.165, 1.54) is 18.6 Å². The molecule has 1 aliphatic rings. The molecule has 0 saturated carbocycles. The van der Waals surface area contributed by atoms with Crippen molar-refractivity contribution in [1.82, 2.24) is 15.1 Å². The Hall–Kier alpha value is -1.56. The number of pyridine rings is 1. The van der Waals surface area contributed by atoms with E-state index < -0.39 is 0 Å². The zero-order valence-electron chi connectivity index (χ0n) is 9.87. The minimum Gasteiger partial charge on any atom is -0.384 e. The van der Waals surface area contributed by atoms with Gasteiger partial charge >= 0.3 is 0 Å². The van der Waals surface area contributed by atoms with Crippen molar-refractivity contribution in [3.8, 4) is 11.6 Å². The molecule has 94 valence electrons. The fourth-order valence-electron chi connectivity index (χ4n) is 1.98. The van der Waals surface area contributed by atoms with E-state index in [4.69, 9.17) is 10.3 Å². The molecule has 18 heavy (non-hydrogen) atoms. The molecule has 3 rings (SSSR count). The van der Waals surface area contributed by atoms with Crippen molar-refractivity contribution in [3.05, 3.63) is 24.0 Å². The highest BCUT2D eigenvalue weighted by molar-refractivity contribution is 7.99. The van der Waals surface area contributed by atoms with Crippen LogP contribution in [0.5, 0.6) is 0 Å². The van der Waals surface area contributed by atoms with Gasteiger partial charge in [0.1, 0.15) is 11.5 Å². The monoisotopic (exact) mass is 262 g/mol. The predicted octanol–water partition coefficient (Wildman–Crippen LogP) is 2.67. The van der Waals surface area contributed by atoms with Gasteiger partial charge in [0.25, 0.3) is 5.89 Å². The quantitative estimate of drug-likeness (QED) is 0.896. The molecule has 0 spiro atoms. The van der Waals surface area contributed by atoms with Gasteiger partial charge in [-0.05, 0) is 30.7 Å². The van der Waals surface area contributed by atoms with Crippen LogP contribution < -0.4 is 5.73 Å². The fourth-order valence-corrected chi connectivity index (χ4v) is 3.22. The van der Waals surface area contributed by atoms with E-state index in [1.54, 1.807) is 6.07 Å². The molecule has 1 saturated heterocycles. The molecular weight excluding hydrogens is 248 g/mol. The summed E-state index contributed by atoms with van der Waals surface area (Å²) in [5, 5.41) is 4.42. The molecule has 0 amide bonds. The average Bonchev–Trinajstić information content (AvgIpc) is 2.89. The van der Waals surface area contributed by atoms with Crippen molar-refractivity contribution < 1.29 is 4.52 Å². The minimum atomic E-state index is 0.359. The van der Waals surface area contributed by atoms with E-state index in [0.717, 1.165) is 12.2 Å². The molecule has 2 aromatic heterocycles. The standard InChI is InChI=1S/C12H14N4OS/c13-10-6-3-4-8(14-10)12-15-11(16-17-12)9-5-1-2-7-18-9/h3-4,6,9H,1-2,5,7H2,(H2,13,14). The Morgan fingerprint density at radius 3 is 3.00 bits per heavy atom. The van der Waals surface area contributed by atoms with E-state index in [1.807, 2.05) is 23.9 Å². The molecule has 0 bridgehead atoms. The van der Waals surface area contributed by atoms with Crippen molar-refractivity contribution in [2.45, 2.75) is 24.5 Å². The van der Waals surface area contributed by atoms with Gasteiger partial charge in [0.2, 0.25) is 0 Å². The van der Waals surface area contributed by atoms with Crippen LogP contribution in [0.2, 0.25) is 0 Å². The first kappa shape index (κ1) is 11.5. The predicted molar refractivity (Wildman–Crippen MR) is 71.0 cm³/mol. The maximum absolute atomic E-state index is 5.64. The van der Waals surface area contributed by atoms with Crippen LogP contribution in [0.25, 0.3) is 11.6 Å². The molecule has 1 atom stereocenters. The van der Waals surface area contributed by atoms with Crippen molar-refractivity contribution in [1.29, 1.82) is 0 Å². The Morgan fingerprint density at radius 1 is 1.28 bits per heavy atom. The summed E-state index contributed by atoms with van der Waals surface area (Å²) < 4.78 is 5.27. The Kier molecular flexibility index (Phi) is 3.19. The second kappa shape index (κ2) is 4.97. The molecule has 1 unspecified atom stereocenters. The van der Waals surface area contributed by atoms with Gasteiger partial charge in [-0.3, -0.25) is 0 Å². The van der Waals surface area contributed by atoms with E-state index in [9.17, 15) is 0 Å². The normalized spacial score (nSPS) is 19.9. The first-order chi connectivity index (χ1) is 8.83. The topological polar surface area (TPSA) is 77.8 Å². The van der Waals surface area contributed by atoms with Crippen molar-refractivity contribution >= 4 is 17.6 Å². The van der Waals surface area contributed by atoms with E-state index in [0.29, 0.717) is 22.7 Å². The molecular formula is C12H14N4OS. The summed E-state index contributed by atoms with van der Waals surface area (Å²) in [6.45, 7) is 0. The van der Waals surface area contributed by atoms with Crippen LogP contribution in [-0.4, -0.2) is 20.9 Å². The summed E-state index contributed by atoms with van der Waals surface area (Å²) in [5.74, 6) is 2.85. The third-order valence-corrected chi connectivity index (χ3v) is 4.27. The lowest BCUT2D eigenvalue weighted by molar-refractivity contribution is 0.419. The molecule has 3 heterocycles. The van der Waals surface area contributed by atoms with Crippen LogP contribution in [-0.2, 0) is 0 Å². The highest BCUT2D eigenvalue weighted by atomic mass is 32.2. The van der Waals surface area contributed by atoms with Gasteiger partial charge in [0.15, 0.2) is 5.82 Å². The summed E-state index contributed by atoms with van der Waals surface area (Å²) in [6, 6.07) is 5.39. The summed E-state index contributed by atoms with van der Waals surface area (Å²) >= 11 is 1.90.